The van der Waals surface area contributed by atoms with E-state index in [1.165, 1.54) is 0 Å². The summed E-state index contributed by atoms with van der Waals surface area (Å²) in [5.41, 5.74) is 2.53. The van der Waals surface area contributed by atoms with Gasteiger partial charge in [0.15, 0.2) is 17.1 Å². The fourth-order valence-corrected chi connectivity index (χ4v) is 4.22. The molecule has 1 amide bonds. The van der Waals surface area contributed by atoms with Crippen LogP contribution in [0, 0.1) is 5.92 Å². The molecular weight excluding hydrogens is 406 g/mol. The third-order valence-corrected chi connectivity index (χ3v) is 5.82. The van der Waals surface area contributed by atoms with Crippen LogP contribution in [0.4, 0.5) is 6.01 Å². The number of anilines is 1. The molecule has 0 aliphatic carbocycles. The van der Waals surface area contributed by atoms with Crippen LogP contribution in [0.15, 0.2) is 40.8 Å². The molecule has 2 aliphatic rings. The number of rotatable bonds is 4. The molecule has 7 nitrogen and oxygen atoms in total. The van der Waals surface area contributed by atoms with Crippen molar-refractivity contribution in [2.24, 2.45) is 5.92 Å². The monoisotopic (exact) mass is 427 g/mol. The van der Waals surface area contributed by atoms with Gasteiger partial charge in [0.2, 0.25) is 5.91 Å². The summed E-state index contributed by atoms with van der Waals surface area (Å²) >= 11 is 6.28. The Hall–Kier alpha value is -2.93. The number of hydrogen-bond acceptors (Lipinski definition) is 6. The Balaban J connectivity index is 1.17. The van der Waals surface area contributed by atoms with Crippen LogP contribution in [0.1, 0.15) is 18.4 Å². The largest absolute Gasteiger partial charge is 0.486 e. The van der Waals surface area contributed by atoms with Crippen molar-refractivity contribution in [1.29, 1.82) is 0 Å². The molecule has 156 valence electrons. The van der Waals surface area contributed by atoms with Gasteiger partial charge >= 0.3 is 0 Å². The van der Waals surface area contributed by atoms with Crippen molar-refractivity contribution in [2.45, 2.75) is 19.4 Å². The van der Waals surface area contributed by atoms with E-state index in [0.717, 1.165) is 42.6 Å². The summed E-state index contributed by atoms with van der Waals surface area (Å²) in [5, 5.41) is 3.53. The Morgan fingerprint density at radius 3 is 2.80 bits per heavy atom. The Morgan fingerprint density at radius 1 is 1.17 bits per heavy atom. The number of hydrogen-bond donors (Lipinski definition) is 1. The van der Waals surface area contributed by atoms with Crippen LogP contribution in [0.25, 0.3) is 11.1 Å². The Morgan fingerprint density at radius 2 is 1.97 bits per heavy atom. The molecule has 2 aliphatic heterocycles. The van der Waals surface area contributed by atoms with Crippen molar-refractivity contribution in [3.63, 3.8) is 0 Å². The second-order valence-corrected chi connectivity index (χ2v) is 7.95. The van der Waals surface area contributed by atoms with Crippen molar-refractivity contribution in [2.75, 3.05) is 31.2 Å². The molecule has 1 N–H and O–H groups in total. The second kappa shape index (κ2) is 8.07. The molecule has 3 heterocycles. The van der Waals surface area contributed by atoms with Gasteiger partial charge in [0, 0.05) is 25.6 Å². The van der Waals surface area contributed by atoms with Gasteiger partial charge < -0.3 is 24.1 Å². The van der Waals surface area contributed by atoms with Crippen molar-refractivity contribution in [3.05, 3.63) is 47.0 Å². The number of carbonyl (C=O) groups is 1. The van der Waals surface area contributed by atoms with E-state index in [4.69, 9.17) is 25.5 Å². The Labute approximate surface area is 178 Å². The summed E-state index contributed by atoms with van der Waals surface area (Å²) < 4.78 is 17.0. The first kappa shape index (κ1) is 19.1. The lowest BCUT2D eigenvalue weighted by Gasteiger charge is -2.30. The number of nitrogens with one attached hydrogen (secondary N) is 1. The molecular formula is C22H22ClN3O4. The van der Waals surface area contributed by atoms with E-state index in [2.05, 4.69) is 15.2 Å². The number of aromatic nitrogens is 1. The Bertz CT molecular complexity index is 1040. The van der Waals surface area contributed by atoms with Gasteiger partial charge in [-0.2, -0.15) is 4.98 Å². The van der Waals surface area contributed by atoms with Gasteiger partial charge in [0.25, 0.3) is 6.01 Å². The van der Waals surface area contributed by atoms with E-state index in [9.17, 15) is 4.79 Å². The number of nitrogens with zero attached hydrogens (tertiary/aromatic N) is 2. The summed E-state index contributed by atoms with van der Waals surface area (Å²) in [5.74, 6) is 1.23. The van der Waals surface area contributed by atoms with Gasteiger partial charge in [-0.1, -0.05) is 23.7 Å². The fourth-order valence-electron chi connectivity index (χ4n) is 3.93. The Kier molecular flexibility index (Phi) is 5.12. The minimum atomic E-state index is -0.0293. The summed E-state index contributed by atoms with van der Waals surface area (Å²) in [7, 11) is 0. The maximum Gasteiger partial charge on any atom is 0.298 e. The van der Waals surface area contributed by atoms with Gasteiger partial charge in [-0.3, -0.25) is 4.79 Å². The maximum absolute atomic E-state index is 12.7. The fraction of sp³-hybridized carbons (Fsp3) is 0.364. The molecule has 0 unspecified atom stereocenters. The lowest BCUT2D eigenvalue weighted by atomic mass is 9.96. The van der Waals surface area contributed by atoms with Gasteiger partial charge in [-0.25, -0.2) is 0 Å². The highest BCUT2D eigenvalue weighted by Gasteiger charge is 2.27. The molecule has 3 aromatic rings. The summed E-state index contributed by atoms with van der Waals surface area (Å²) in [6, 6.07) is 12.0. The van der Waals surface area contributed by atoms with Gasteiger partial charge in [-0.05, 0) is 42.7 Å². The molecule has 5 rings (SSSR count). The predicted molar refractivity (Wildman–Crippen MR) is 113 cm³/mol. The second-order valence-electron chi connectivity index (χ2n) is 7.55. The molecule has 1 saturated heterocycles. The zero-order valence-corrected chi connectivity index (χ0v) is 17.2. The summed E-state index contributed by atoms with van der Waals surface area (Å²) in [6.45, 7) is 2.87. The van der Waals surface area contributed by atoms with Crippen LogP contribution < -0.4 is 19.7 Å². The van der Waals surface area contributed by atoms with E-state index in [-0.39, 0.29) is 11.8 Å². The van der Waals surface area contributed by atoms with Crippen molar-refractivity contribution < 1.29 is 18.7 Å². The van der Waals surface area contributed by atoms with Gasteiger partial charge in [0.1, 0.15) is 18.7 Å². The number of fused-ring (bicyclic) bond motifs is 2. The van der Waals surface area contributed by atoms with Crippen molar-refractivity contribution >= 4 is 34.6 Å². The van der Waals surface area contributed by atoms with E-state index in [0.29, 0.717) is 42.3 Å². The van der Waals surface area contributed by atoms with E-state index < -0.39 is 0 Å². The van der Waals surface area contributed by atoms with Crippen molar-refractivity contribution in [3.8, 4) is 11.5 Å². The molecule has 1 fully saturated rings. The van der Waals surface area contributed by atoms with Gasteiger partial charge in [-0.15, -0.1) is 0 Å². The molecule has 8 heteroatoms. The van der Waals surface area contributed by atoms with Crippen LogP contribution in [0.2, 0.25) is 5.02 Å². The molecule has 2 aromatic carbocycles. The maximum atomic E-state index is 12.7. The topological polar surface area (TPSA) is 76.8 Å². The number of benzene rings is 2. The van der Waals surface area contributed by atoms with Crippen LogP contribution in [-0.4, -0.2) is 37.2 Å². The zero-order valence-electron chi connectivity index (χ0n) is 16.4. The first-order chi connectivity index (χ1) is 14.7. The SMILES string of the molecule is O=C(NCc1cc(Cl)c2c(c1)OCCO2)C1CCN(c2nc3ccccc3o2)CC1. The van der Waals surface area contributed by atoms with Crippen LogP contribution >= 0.6 is 11.6 Å². The standard InChI is InChI=1S/C22H22ClN3O4/c23-16-11-14(12-19-20(16)29-10-9-28-19)13-24-21(27)15-5-7-26(8-6-15)22-25-17-3-1-2-4-18(17)30-22/h1-4,11-12,15H,5-10,13H2,(H,24,27). The number of ether oxygens (including phenoxy) is 2. The van der Waals surface area contributed by atoms with Crippen LogP contribution in [0.3, 0.4) is 0 Å². The first-order valence-corrected chi connectivity index (χ1v) is 10.5. The molecule has 0 atom stereocenters. The zero-order chi connectivity index (χ0) is 20.5. The molecule has 1 aromatic heterocycles. The number of oxazole rings is 1. The number of para-hydroxylation sites is 2. The third kappa shape index (κ3) is 3.77. The highest BCUT2D eigenvalue weighted by atomic mass is 35.5. The highest BCUT2D eigenvalue weighted by Crippen LogP contribution is 2.38. The normalized spacial score (nSPS) is 16.6. The number of piperidine rings is 1. The lowest BCUT2D eigenvalue weighted by molar-refractivity contribution is -0.125. The quantitative estimate of drug-likeness (QED) is 0.682. The van der Waals surface area contributed by atoms with Crippen molar-refractivity contribution in [1.82, 2.24) is 10.3 Å². The van der Waals surface area contributed by atoms with E-state index in [1.807, 2.05) is 36.4 Å². The number of halogens is 1. The highest BCUT2D eigenvalue weighted by molar-refractivity contribution is 6.32. The van der Waals surface area contributed by atoms with E-state index >= 15 is 0 Å². The minimum absolute atomic E-state index is 0.0293. The molecule has 0 radical (unpaired) electrons. The molecule has 0 spiro atoms. The average Bonchev–Trinajstić information content (AvgIpc) is 3.22. The smallest absolute Gasteiger partial charge is 0.298 e. The van der Waals surface area contributed by atoms with Gasteiger partial charge in [0.05, 0.1) is 5.02 Å². The summed E-state index contributed by atoms with van der Waals surface area (Å²) in [4.78, 5) is 19.3. The number of carbonyl (C=O) groups excluding carboxylic acids is 1. The summed E-state index contributed by atoms with van der Waals surface area (Å²) in [6.07, 6.45) is 1.51. The molecule has 0 bridgehead atoms. The molecule has 0 saturated carbocycles. The average molecular weight is 428 g/mol. The lowest BCUT2D eigenvalue weighted by Crippen LogP contribution is -2.40. The molecule has 30 heavy (non-hydrogen) atoms. The predicted octanol–water partition coefficient (Wildman–Crippen LogP) is 3.79. The van der Waals surface area contributed by atoms with Crippen LogP contribution in [-0.2, 0) is 11.3 Å². The third-order valence-electron chi connectivity index (χ3n) is 5.54. The van der Waals surface area contributed by atoms with Crippen LogP contribution in [0.5, 0.6) is 11.5 Å². The first-order valence-electron chi connectivity index (χ1n) is 10.1. The minimum Gasteiger partial charge on any atom is -0.486 e. The van der Waals surface area contributed by atoms with E-state index in [1.54, 1.807) is 0 Å². The number of amides is 1.